The number of H-pyrrole nitrogens is 1. The largest absolute Gasteiger partial charge is 0.316 e. The first-order valence-electron chi connectivity index (χ1n) is 7.64. The Balaban J connectivity index is 1.81. The van der Waals surface area contributed by atoms with Crippen molar-refractivity contribution in [3.63, 3.8) is 0 Å². The molecule has 112 valence electrons. The monoisotopic (exact) mass is 310 g/mol. The summed E-state index contributed by atoms with van der Waals surface area (Å²) >= 11 is 1.70. The second kappa shape index (κ2) is 6.85. The average Bonchev–Trinajstić information content (AvgIpc) is 2.56. The Hall–Kier alpha value is -1.99. The maximum absolute atomic E-state index is 12.1. The number of nitrogens with one attached hydrogen (secondary N) is 1. The predicted molar refractivity (Wildman–Crippen MR) is 89.3 cm³/mol. The van der Waals surface area contributed by atoms with Gasteiger partial charge in [0.05, 0.1) is 5.03 Å². The Labute approximate surface area is 134 Å². The topological polar surface area (TPSA) is 56.6 Å². The van der Waals surface area contributed by atoms with Gasteiger partial charge in [0.25, 0.3) is 5.56 Å². The minimum Gasteiger partial charge on any atom is -0.316 e. The van der Waals surface area contributed by atoms with Gasteiger partial charge in [0.15, 0.2) is 0 Å². The lowest BCUT2D eigenvalue weighted by molar-refractivity contribution is 0.663. The van der Waals surface area contributed by atoms with Crippen LogP contribution in [0, 0.1) is 11.3 Å². The van der Waals surface area contributed by atoms with Gasteiger partial charge in [-0.15, -0.1) is 11.8 Å². The molecule has 22 heavy (non-hydrogen) atoms. The summed E-state index contributed by atoms with van der Waals surface area (Å²) in [6.07, 6.45) is 5.00. The van der Waals surface area contributed by atoms with E-state index < -0.39 is 0 Å². The molecule has 4 heteroatoms. The smallest absolute Gasteiger partial charge is 0.267 e. The molecule has 1 aromatic carbocycles. The van der Waals surface area contributed by atoms with Crippen LogP contribution < -0.4 is 5.56 Å². The fourth-order valence-corrected chi connectivity index (χ4v) is 4.07. The molecule has 1 heterocycles. The van der Waals surface area contributed by atoms with E-state index in [9.17, 15) is 10.1 Å². The van der Waals surface area contributed by atoms with Crippen molar-refractivity contribution < 1.29 is 0 Å². The molecule has 0 saturated heterocycles. The van der Waals surface area contributed by atoms with E-state index in [0.717, 1.165) is 48.4 Å². The Morgan fingerprint density at radius 3 is 2.59 bits per heavy atom. The van der Waals surface area contributed by atoms with E-state index in [1.807, 2.05) is 18.2 Å². The first kappa shape index (κ1) is 14.9. The summed E-state index contributed by atoms with van der Waals surface area (Å²) in [5.74, 6) is 0.929. The zero-order valence-electron chi connectivity index (χ0n) is 12.4. The lowest BCUT2D eigenvalue weighted by Gasteiger charge is -2.19. The van der Waals surface area contributed by atoms with Crippen LogP contribution in [0.3, 0.4) is 0 Å². The number of fused-ring (bicyclic) bond motifs is 1. The molecule has 3 rings (SSSR count). The summed E-state index contributed by atoms with van der Waals surface area (Å²) in [6, 6.07) is 12.4. The fourth-order valence-electron chi connectivity index (χ4n) is 2.97. The predicted octanol–water partition coefficient (Wildman–Crippen LogP) is 3.46. The molecule has 2 aromatic rings. The van der Waals surface area contributed by atoms with E-state index in [0.29, 0.717) is 5.56 Å². The first-order chi connectivity index (χ1) is 10.8. The van der Waals surface area contributed by atoms with Crippen LogP contribution >= 0.6 is 11.8 Å². The maximum Gasteiger partial charge on any atom is 0.267 e. The highest BCUT2D eigenvalue weighted by Gasteiger charge is 2.20. The van der Waals surface area contributed by atoms with Gasteiger partial charge in [0.2, 0.25) is 0 Å². The van der Waals surface area contributed by atoms with Crippen LogP contribution in [0.5, 0.6) is 0 Å². The summed E-state index contributed by atoms with van der Waals surface area (Å²) in [7, 11) is 0. The highest BCUT2D eigenvalue weighted by molar-refractivity contribution is 7.99. The van der Waals surface area contributed by atoms with Crippen LogP contribution in [-0.4, -0.2) is 10.7 Å². The number of nitriles is 1. The van der Waals surface area contributed by atoms with E-state index in [4.69, 9.17) is 0 Å². The van der Waals surface area contributed by atoms with Crippen molar-refractivity contribution in [3.05, 3.63) is 62.9 Å². The molecule has 0 amide bonds. The minimum absolute atomic E-state index is 0.231. The van der Waals surface area contributed by atoms with Crippen LogP contribution in [0.25, 0.3) is 0 Å². The third kappa shape index (κ3) is 3.10. The SMILES string of the molecule is N#Cc1c2c(c(SCCc3ccccc3)[nH]c1=O)CCCC2. The van der Waals surface area contributed by atoms with Gasteiger partial charge < -0.3 is 4.98 Å². The molecule has 0 saturated carbocycles. The molecular weight excluding hydrogens is 292 g/mol. The molecule has 0 aliphatic heterocycles. The summed E-state index contributed by atoms with van der Waals surface area (Å²) in [6.45, 7) is 0. The Morgan fingerprint density at radius 2 is 1.86 bits per heavy atom. The number of benzene rings is 1. The van der Waals surface area contributed by atoms with Gasteiger partial charge in [-0.2, -0.15) is 5.26 Å². The average molecular weight is 310 g/mol. The zero-order valence-corrected chi connectivity index (χ0v) is 13.2. The number of aromatic amines is 1. The number of aryl methyl sites for hydroxylation is 1. The van der Waals surface area contributed by atoms with E-state index in [1.165, 1.54) is 11.1 Å². The van der Waals surface area contributed by atoms with Crippen molar-refractivity contribution in [1.29, 1.82) is 5.26 Å². The maximum atomic E-state index is 12.1. The molecular formula is C18H18N2OS. The van der Waals surface area contributed by atoms with Gasteiger partial charge >= 0.3 is 0 Å². The van der Waals surface area contributed by atoms with E-state index >= 15 is 0 Å². The van der Waals surface area contributed by atoms with E-state index in [2.05, 4.69) is 23.2 Å². The third-order valence-electron chi connectivity index (χ3n) is 4.09. The van der Waals surface area contributed by atoms with Gasteiger partial charge in [-0.05, 0) is 48.8 Å². The molecule has 3 nitrogen and oxygen atoms in total. The molecule has 1 aliphatic carbocycles. The number of hydrogen-bond donors (Lipinski definition) is 1. The van der Waals surface area contributed by atoms with Crippen molar-refractivity contribution >= 4 is 11.8 Å². The minimum atomic E-state index is -0.231. The van der Waals surface area contributed by atoms with Gasteiger partial charge in [-0.25, -0.2) is 0 Å². The summed E-state index contributed by atoms with van der Waals surface area (Å²) in [4.78, 5) is 15.0. The number of hydrogen-bond acceptors (Lipinski definition) is 3. The van der Waals surface area contributed by atoms with Crippen molar-refractivity contribution in [2.75, 3.05) is 5.75 Å². The quantitative estimate of drug-likeness (QED) is 0.880. The highest BCUT2D eigenvalue weighted by Crippen LogP contribution is 2.30. The van der Waals surface area contributed by atoms with Crippen molar-refractivity contribution in [2.24, 2.45) is 0 Å². The van der Waals surface area contributed by atoms with Crippen LogP contribution in [0.4, 0.5) is 0 Å². The third-order valence-corrected chi connectivity index (χ3v) is 5.13. The zero-order chi connectivity index (χ0) is 15.4. The molecule has 1 aliphatic rings. The van der Waals surface area contributed by atoms with Gasteiger partial charge in [-0.3, -0.25) is 4.79 Å². The van der Waals surface area contributed by atoms with Crippen LogP contribution in [0.2, 0.25) is 0 Å². The molecule has 0 atom stereocenters. The number of nitrogens with zero attached hydrogens (tertiary/aromatic N) is 1. The molecule has 1 aromatic heterocycles. The molecule has 0 unspecified atom stereocenters. The molecule has 1 N–H and O–H groups in total. The molecule has 0 radical (unpaired) electrons. The number of thioether (sulfide) groups is 1. The Bertz CT molecular complexity index is 759. The van der Waals surface area contributed by atoms with Gasteiger partial charge in [0.1, 0.15) is 11.6 Å². The molecule has 0 bridgehead atoms. The number of pyridine rings is 1. The number of aromatic nitrogens is 1. The first-order valence-corrected chi connectivity index (χ1v) is 8.63. The standard InChI is InChI=1S/C18H18N2OS/c19-12-16-14-8-4-5-9-15(14)18(20-17(16)21)22-11-10-13-6-2-1-3-7-13/h1-3,6-7H,4-5,8-11H2,(H,20,21). The van der Waals surface area contributed by atoms with Gasteiger partial charge in [-0.1, -0.05) is 30.3 Å². The highest BCUT2D eigenvalue weighted by atomic mass is 32.2. The summed E-state index contributed by atoms with van der Waals surface area (Å²) < 4.78 is 0. The van der Waals surface area contributed by atoms with Crippen molar-refractivity contribution in [1.82, 2.24) is 4.98 Å². The molecule has 0 fully saturated rings. The lowest BCUT2D eigenvalue weighted by atomic mass is 9.90. The van der Waals surface area contributed by atoms with Crippen molar-refractivity contribution in [2.45, 2.75) is 37.1 Å². The lowest BCUT2D eigenvalue weighted by Crippen LogP contribution is -2.20. The van der Waals surface area contributed by atoms with Gasteiger partial charge in [0, 0.05) is 5.75 Å². The second-order valence-electron chi connectivity index (χ2n) is 5.52. The number of rotatable bonds is 4. The van der Waals surface area contributed by atoms with Crippen LogP contribution in [-0.2, 0) is 19.3 Å². The van der Waals surface area contributed by atoms with E-state index in [1.54, 1.807) is 11.8 Å². The second-order valence-corrected chi connectivity index (χ2v) is 6.62. The Morgan fingerprint density at radius 1 is 1.14 bits per heavy atom. The normalized spacial score (nSPS) is 13.4. The van der Waals surface area contributed by atoms with E-state index in [-0.39, 0.29) is 5.56 Å². The summed E-state index contributed by atoms with van der Waals surface area (Å²) in [5.41, 5.74) is 3.58. The van der Waals surface area contributed by atoms with Crippen LogP contribution in [0.15, 0.2) is 40.2 Å². The Kier molecular flexibility index (Phi) is 4.65. The molecule has 0 spiro atoms. The van der Waals surface area contributed by atoms with Crippen LogP contribution in [0.1, 0.15) is 35.1 Å². The summed E-state index contributed by atoms with van der Waals surface area (Å²) in [5, 5.41) is 10.2. The van der Waals surface area contributed by atoms with Crippen molar-refractivity contribution in [3.8, 4) is 6.07 Å². The fraction of sp³-hybridized carbons (Fsp3) is 0.333.